The molecule has 0 saturated carbocycles. The Morgan fingerprint density at radius 1 is 1.08 bits per heavy atom. The lowest BCUT2D eigenvalue weighted by Gasteiger charge is -2.12. The number of carbonyl (C=O) groups excluding carboxylic acids is 2. The van der Waals surface area contributed by atoms with Crippen molar-refractivity contribution in [1.29, 1.82) is 0 Å². The molecule has 2 aromatic carbocycles. The van der Waals surface area contributed by atoms with Gasteiger partial charge < -0.3 is 15.4 Å². The number of hydrogen-bond donors (Lipinski definition) is 2. The number of halogens is 1. The summed E-state index contributed by atoms with van der Waals surface area (Å²) in [5.41, 5.74) is 1.71. The molecular weight excluding hydrogens is 311 g/mol. The number of benzene rings is 2. The minimum absolute atomic E-state index is 0.223. The van der Waals surface area contributed by atoms with Crippen LogP contribution in [-0.4, -0.2) is 25.0 Å². The summed E-state index contributed by atoms with van der Waals surface area (Å²) in [6.07, 6.45) is -0.584. The molecule has 6 heteroatoms. The predicted molar refractivity (Wildman–Crippen MR) is 90.6 cm³/mol. The highest BCUT2D eigenvalue weighted by molar-refractivity contribution is 6.04. The van der Waals surface area contributed by atoms with Crippen LogP contribution in [0.15, 0.2) is 42.5 Å². The monoisotopic (exact) mass is 330 g/mol. The summed E-state index contributed by atoms with van der Waals surface area (Å²) in [7, 11) is 1.45. The fourth-order valence-corrected chi connectivity index (χ4v) is 1.96. The van der Waals surface area contributed by atoms with Crippen LogP contribution in [0, 0.1) is 12.7 Å². The summed E-state index contributed by atoms with van der Waals surface area (Å²) in [4.78, 5) is 24.0. The molecule has 126 valence electrons. The van der Waals surface area contributed by atoms with Gasteiger partial charge in [-0.15, -0.1) is 0 Å². The van der Waals surface area contributed by atoms with E-state index in [1.54, 1.807) is 50.2 Å². The Labute approximate surface area is 139 Å². The van der Waals surface area contributed by atoms with Gasteiger partial charge in [-0.1, -0.05) is 12.1 Å². The van der Waals surface area contributed by atoms with E-state index in [9.17, 15) is 14.0 Å². The fourth-order valence-electron chi connectivity index (χ4n) is 1.96. The molecule has 0 radical (unpaired) electrons. The second kappa shape index (κ2) is 7.70. The van der Waals surface area contributed by atoms with E-state index in [0.717, 1.165) is 0 Å². The van der Waals surface area contributed by atoms with Crippen LogP contribution in [0.3, 0.4) is 0 Å². The number of anilines is 2. The Bertz CT molecular complexity index is 762. The molecule has 0 bridgehead atoms. The van der Waals surface area contributed by atoms with Crippen LogP contribution in [0.2, 0.25) is 0 Å². The van der Waals surface area contributed by atoms with Gasteiger partial charge in [-0.05, 0) is 49.7 Å². The SMILES string of the molecule is CO[C@@H](C)C(=O)Nc1cccc(NC(=O)c2ccc(C)c(F)c2)c1. The Balaban J connectivity index is 2.10. The van der Waals surface area contributed by atoms with Crippen molar-refractivity contribution in [3.8, 4) is 0 Å². The lowest BCUT2D eigenvalue weighted by atomic mass is 10.1. The Kier molecular flexibility index (Phi) is 5.65. The zero-order valence-electron chi connectivity index (χ0n) is 13.7. The molecule has 0 heterocycles. The molecule has 0 spiro atoms. The van der Waals surface area contributed by atoms with Crippen LogP contribution in [0.5, 0.6) is 0 Å². The van der Waals surface area contributed by atoms with Crippen LogP contribution < -0.4 is 10.6 Å². The van der Waals surface area contributed by atoms with Crippen LogP contribution in [0.1, 0.15) is 22.8 Å². The minimum atomic E-state index is -0.584. The van der Waals surface area contributed by atoms with Crippen molar-refractivity contribution in [3.63, 3.8) is 0 Å². The predicted octanol–water partition coefficient (Wildman–Crippen LogP) is 3.36. The van der Waals surface area contributed by atoms with E-state index < -0.39 is 17.8 Å². The van der Waals surface area contributed by atoms with E-state index in [2.05, 4.69) is 10.6 Å². The second-order valence-corrected chi connectivity index (χ2v) is 5.37. The maximum atomic E-state index is 13.6. The van der Waals surface area contributed by atoms with Crippen molar-refractivity contribution < 1.29 is 18.7 Å². The van der Waals surface area contributed by atoms with E-state index in [1.165, 1.54) is 13.2 Å². The summed E-state index contributed by atoms with van der Waals surface area (Å²) >= 11 is 0. The first-order chi connectivity index (χ1) is 11.4. The topological polar surface area (TPSA) is 67.4 Å². The van der Waals surface area contributed by atoms with Crippen molar-refractivity contribution in [3.05, 3.63) is 59.4 Å². The Morgan fingerprint density at radius 3 is 2.38 bits per heavy atom. The first-order valence-electron chi connectivity index (χ1n) is 7.42. The van der Waals surface area contributed by atoms with Gasteiger partial charge in [-0.25, -0.2) is 4.39 Å². The third-order valence-electron chi connectivity index (χ3n) is 3.54. The molecule has 5 nitrogen and oxygen atoms in total. The number of ether oxygens (including phenoxy) is 1. The van der Waals surface area contributed by atoms with Crippen molar-refractivity contribution in [2.45, 2.75) is 20.0 Å². The highest BCUT2D eigenvalue weighted by Crippen LogP contribution is 2.17. The third kappa shape index (κ3) is 4.39. The summed E-state index contributed by atoms with van der Waals surface area (Å²) in [5, 5.41) is 5.36. The standard InChI is InChI=1S/C18H19FN2O3/c1-11-7-8-13(9-16(11)19)18(23)21-15-6-4-5-14(10-15)20-17(22)12(2)24-3/h4-10,12H,1-3H3,(H,20,22)(H,21,23)/t12-/m0/s1. The lowest BCUT2D eigenvalue weighted by Crippen LogP contribution is -2.26. The molecular formula is C18H19FN2O3. The highest BCUT2D eigenvalue weighted by atomic mass is 19.1. The van der Waals surface area contributed by atoms with Gasteiger partial charge in [-0.2, -0.15) is 0 Å². The maximum absolute atomic E-state index is 13.6. The zero-order valence-corrected chi connectivity index (χ0v) is 13.7. The first kappa shape index (κ1) is 17.6. The van der Waals surface area contributed by atoms with Crippen LogP contribution in [0.25, 0.3) is 0 Å². The summed E-state index contributed by atoms with van der Waals surface area (Å²) in [5.74, 6) is -1.15. The summed E-state index contributed by atoms with van der Waals surface area (Å²) in [6, 6.07) is 11.0. The number of carbonyl (C=O) groups is 2. The zero-order chi connectivity index (χ0) is 17.7. The molecule has 1 atom stereocenters. The number of aryl methyl sites for hydroxylation is 1. The fraction of sp³-hybridized carbons (Fsp3) is 0.222. The molecule has 2 rings (SSSR count). The van der Waals surface area contributed by atoms with Gasteiger partial charge in [0.15, 0.2) is 0 Å². The van der Waals surface area contributed by atoms with E-state index >= 15 is 0 Å². The average molecular weight is 330 g/mol. The molecule has 0 aliphatic carbocycles. The number of nitrogens with one attached hydrogen (secondary N) is 2. The third-order valence-corrected chi connectivity index (χ3v) is 3.54. The highest BCUT2D eigenvalue weighted by Gasteiger charge is 2.12. The van der Waals surface area contributed by atoms with Gasteiger partial charge in [0.25, 0.3) is 11.8 Å². The average Bonchev–Trinajstić information content (AvgIpc) is 2.56. The van der Waals surface area contributed by atoms with Crippen LogP contribution in [0.4, 0.5) is 15.8 Å². The molecule has 0 fully saturated rings. The molecule has 24 heavy (non-hydrogen) atoms. The van der Waals surface area contributed by atoms with E-state index in [0.29, 0.717) is 16.9 Å². The van der Waals surface area contributed by atoms with Gasteiger partial charge >= 0.3 is 0 Å². The van der Waals surface area contributed by atoms with Crippen molar-refractivity contribution in [2.75, 3.05) is 17.7 Å². The van der Waals surface area contributed by atoms with Gasteiger partial charge in [-0.3, -0.25) is 9.59 Å². The van der Waals surface area contributed by atoms with Crippen LogP contribution >= 0.6 is 0 Å². The quantitative estimate of drug-likeness (QED) is 0.883. The molecule has 2 aromatic rings. The van der Waals surface area contributed by atoms with Crippen molar-refractivity contribution in [2.24, 2.45) is 0 Å². The summed E-state index contributed by atoms with van der Waals surface area (Å²) < 4.78 is 18.5. The number of methoxy groups -OCH3 is 1. The van der Waals surface area contributed by atoms with Crippen molar-refractivity contribution >= 4 is 23.2 Å². The molecule has 2 N–H and O–H groups in total. The number of rotatable bonds is 5. The number of amides is 2. The molecule has 0 aliphatic heterocycles. The van der Waals surface area contributed by atoms with E-state index in [-0.39, 0.29) is 11.5 Å². The normalized spacial score (nSPS) is 11.7. The Morgan fingerprint density at radius 2 is 1.75 bits per heavy atom. The van der Waals surface area contributed by atoms with E-state index in [1.807, 2.05) is 0 Å². The largest absolute Gasteiger partial charge is 0.372 e. The van der Waals surface area contributed by atoms with E-state index in [4.69, 9.17) is 4.74 Å². The lowest BCUT2D eigenvalue weighted by molar-refractivity contribution is -0.124. The molecule has 0 unspecified atom stereocenters. The molecule has 0 saturated heterocycles. The smallest absolute Gasteiger partial charge is 0.255 e. The van der Waals surface area contributed by atoms with Crippen LogP contribution in [-0.2, 0) is 9.53 Å². The molecule has 0 aromatic heterocycles. The Hall–Kier alpha value is -2.73. The molecule has 0 aliphatic rings. The first-order valence-corrected chi connectivity index (χ1v) is 7.42. The van der Waals surface area contributed by atoms with Crippen molar-refractivity contribution in [1.82, 2.24) is 0 Å². The number of hydrogen-bond acceptors (Lipinski definition) is 3. The minimum Gasteiger partial charge on any atom is -0.372 e. The maximum Gasteiger partial charge on any atom is 0.255 e. The molecule has 2 amide bonds. The van der Waals surface area contributed by atoms with Gasteiger partial charge in [0, 0.05) is 24.0 Å². The van der Waals surface area contributed by atoms with Gasteiger partial charge in [0.2, 0.25) is 0 Å². The summed E-state index contributed by atoms with van der Waals surface area (Å²) in [6.45, 7) is 3.26. The second-order valence-electron chi connectivity index (χ2n) is 5.37. The van der Waals surface area contributed by atoms with Gasteiger partial charge in [0.05, 0.1) is 0 Å². The van der Waals surface area contributed by atoms with Gasteiger partial charge in [0.1, 0.15) is 11.9 Å².